The van der Waals surface area contributed by atoms with Crippen molar-refractivity contribution in [3.05, 3.63) is 188 Å². The lowest BCUT2D eigenvalue weighted by Crippen LogP contribution is -2.10. The Morgan fingerprint density at radius 3 is 1.83 bits per heavy atom. The summed E-state index contributed by atoms with van der Waals surface area (Å²) in [6, 6.07) is 68.1. The molecule has 1 aromatic heterocycles. The van der Waals surface area contributed by atoms with Crippen LogP contribution >= 0.6 is 11.3 Å². The quantitative estimate of drug-likeness (QED) is 0.177. The van der Waals surface area contributed by atoms with E-state index >= 15 is 0 Å². The van der Waals surface area contributed by atoms with E-state index < -0.39 is 0 Å². The molecule has 9 aromatic rings. The van der Waals surface area contributed by atoms with Gasteiger partial charge in [-0.05, 0) is 92.7 Å². The van der Waals surface area contributed by atoms with Crippen molar-refractivity contribution < 1.29 is 0 Å². The van der Waals surface area contributed by atoms with E-state index in [0.717, 1.165) is 11.4 Å². The Labute approximate surface area is 284 Å². The van der Waals surface area contributed by atoms with E-state index in [2.05, 4.69) is 193 Å². The highest BCUT2D eigenvalue weighted by Crippen LogP contribution is 2.45. The minimum atomic E-state index is 1.12. The van der Waals surface area contributed by atoms with E-state index in [9.17, 15) is 0 Å². The molecule has 0 radical (unpaired) electrons. The molecule has 0 unspecified atom stereocenters. The monoisotopic (exact) mass is 629 g/mol. The number of thiophene rings is 1. The van der Waals surface area contributed by atoms with Crippen molar-refractivity contribution in [2.45, 2.75) is 0 Å². The second-order valence-electron chi connectivity index (χ2n) is 12.2. The SMILES string of the molecule is c1ccc(-c2cccc(N(c3ccc(-c4cccc(-c5cccc6ccccc56)c4)cc3)c3cccc4sc5ccccc5c34)c2)cc1. The molecule has 0 amide bonds. The lowest BCUT2D eigenvalue weighted by Gasteiger charge is -2.27. The predicted octanol–water partition coefficient (Wildman–Crippen LogP) is 13.7. The van der Waals surface area contributed by atoms with Crippen LogP contribution in [0.25, 0.3) is 64.3 Å². The van der Waals surface area contributed by atoms with Crippen LogP contribution in [0.15, 0.2) is 188 Å². The highest BCUT2D eigenvalue weighted by molar-refractivity contribution is 7.26. The molecule has 0 N–H and O–H groups in total. The molecule has 0 aliphatic carbocycles. The minimum absolute atomic E-state index is 1.12. The lowest BCUT2D eigenvalue weighted by atomic mass is 9.95. The Hall–Kier alpha value is -5.96. The number of benzene rings is 8. The normalized spacial score (nSPS) is 11.3. The van der Waals surface area contributed by atoms with Gasteiger partial charge in [-0.2, -0.15) is 0 Å². The molecule has 2 heteroatoms. The molecular weight excluding hydrogens is 599 g/mol. The van der Waals surface area contributed by atoms with Gasteiger partial charge < -0.3 is 4.90 Å². The van der Waals surface area contributed by atoms with Crippen molar-refractivity contribution >= 4 is 59.3 Å². The number of anilines is 3. The highest BCUT2D eigenvalue weighted by Gasteiger charge is 2.19. The molecule has 8 aromatic carbocycles. The van der Waals surface area contributed by atoms with E-state index in [4.69, 9.17) is 0 Å². The van der Waals surface area contributed by atoms with Gasteiger partial charge in [-0.3, -0.25) is 0 Å². The Kier molecular flexibility index (Phi) is 7.07. The molecule has 0 bridgehead atoms. The minimum Gasteiger partial charge on any atom is -0.310 e. The van der Waals surface area contributed by atoms with Crippen LogP contribution in [0.3, 0.4) is 0 Å². The standard InChI is InChI=1S/C46H31NS/c1-2-12-32(13-3-1)36-17-9-19-39(31-36)47(43-23-11-25-45-46(43)42-21-6-7-24-44(42)48-45)38-28-26-33(27-29-38)35-16-8-18-37(30-35)41-22-10-15-34-14-4-5-20-40(34)41/h1-31H. The number of fused-ring (bicyclic) bond motifs is 4. The van der Waals surface area contributed by atoms with Crippen LogP contribution < -0.4 is 4.90 Å². The van der Waals surface area contributed by atoms with Crippen LogP contribution in [0.1, 0.15) is 0 Å². The summed E-state index contributed by atoms with van der Waals surface area (Å²) < 4.78 is 2.60. The molecule has 48 heavy (non-hydrogen) atoms. The van der Waals surface area contributed by atoms with Gasteiger partial charge in [0.25, 0.3) is 0 Å². The largest absolute Gasteiger partial charge is 0.310 e. The molecule has 9 rings (SSSR count). The van der Waals surface area contributed by atoms with Crippen molar-refractivity contribution in [3.63, 3.8) is 0 Å². The number of hydrogen-bond donors (Lipinski definition) is 0. The zero-order valence-corrected chi connectivity index (χ0v) is 27.1. The fourth-order valence-electron chi connectivity index (χ4n) is 6.97. The second kappa shape index (κ2) is 12.0. The van der Waals surface area contributed by atoms with Gasteiger partial charge in [-0.25, -0.2) is 0 Å². The smallest absolute Gasteiger partial charge is 0.0554 e. The first-order chi connectivity index (χ1) is 23.8. The van der Waals surface area contributed by atoms with Gasteiger partial charge in [0.05, 0.1) is 5.69 Å². The van der Waals surface area contributed by atoms with Crippen molar-refractivity contribution in [2.75, 3.05) is 4.90 Å². The average molecular weight is 630 g/mol. The fraction of sp³-hybridized carbons (Fsp3) is 0. The van der Waals surface area contributed by atoms with E-state index in [-0.39, 0.29) is 0 Å². The van der Waals surface area contributed by atoms with Gasteiger partial charge in [0.15, 0.2) is 0 Å². The van der Waals surface area contributed by atoms with Gasteiger partial charge in [0.1, 0.15) is 0 Å². The Morgan fingerprint density at radius 2 is 0.958 bits per heavy atom. The molecule has 0 saturated heterocycles. The second-order valence-corrected chi connectivity index (χ2v) is 13.2. The molecule has 0 saturated carbocycles. The summed E-state index contributed by atoms with van der Waals surface area (Å²) in [5, 5.41) is 5.11. The molecule has 1 heterocycles. The molecule has 0 spiro atoms. The first-order valence-corrected chi connectivity index (χ1v) is 17.2. The van der Waals surface area contributed by atoms with Crippen LogP contribution in [-0.4, -0.2) is 0 Å². The maximum Gasteiger partial charge on any atom is 0.0554 e. The van der Waals surface area contributed by atoms with E-state index in [0.29, 0.717) is 0 Å². The molecule has 0 aliphatic heterocycles. The van der Waals surface area contributed by atoms with Crippen molar-refractivity contribution in [3.8, 4) is 33.4 Å². The van der Waals surface area contributed by atoms with Crippen LogP contribution in [0.4, 0.5) is 17.1 Å². The van der Waals surface area contributed by atoms with Crippen molar-refractivity contribution in [1.29, 1.82) is 0 Å². The van der Waals surface area contributed by atoms with E-state index in [1.165, 1.54) is 70.0 Å². The third kappa shape index (κ3) is 5.04. The Morgan fingerprint density at radius 1 is 0.354 bits per heavy atom. The van der Waals surface area contributed by atoms with Crippen molar-refractivity contribution in [2.24, 2.45) is 0 Å². The van der Waals surface area contributed by atoms with E-state index in [1.807, 2.05) is 11.3 Å². The Balaban J connectivity index is 1.17. The summed E-state index contributed by atoms with van der Waals surface area (Å²) in [6.07, 6.45) is 0. The average Bonchev–Trinajstić information content (AvgIpc) is 3.55. The summed E-state index contributed by atoms with van der Waals surface area (Å²) in [6.45, 7) is 0. The summed E-state index contributed by atoms with van der Waals surface area (Å²) in [4.78, 5) is 2.42. The van der Waals surface area contributed by atoms with Gasteiger partial charge >= 0.3 is 0 Å². The van der Waals surface area contributed by atoms with Crippen molar-refractivity contribution in [1.82, 2.24) is 0 Å². The summed E-state index contributed by atoms with van der Waals surface area (Å²) in [5.41, 5.74) is 10.7. The molecule has 1 nitrogen and oxygen atoms in total. The highest BCUT2D eigenvalue weighted by atomic mass is 32.1. The number of rotatable bonds is 6. The summed E-state index contributed by atoms with van der Waals surface area (Å²) in [7, 11) is 0. The first-order valence-electron chi connectivity index (χ1n) is 16.3. The third-order valence-electron chi connectivity index (χ3n) is 9.25. The molecular formula is C46H31NS. The topological polar surface area (TPSA) is 3.24 Å². The maximum atomic E-state index is 2.42. The molecule has 0 atom stereocenters. The summed E-state index contributed by atoms with van der Waals surface area (Å²) in [5.74, 6) is 0. The van der Waals surface area contributed by atoms with Crippen LogP contribution in [0, 0.1) is 0 Å². The lowest BCUT2D eigenvalue weighted by molar-refractivity contribution is 1.30. The third-order valence-corrected chi connectivity index (χ3v) is 10.4. The Bertz CT molecular complexity index is 2560. The van der Waals surface area contributed by atoms with Gasteiger partial charge in [-0.15, -0.1) is 11.3 Å². The van der Waals surface area contributed by atoms with Gasteiger partial charge in [0.2, 0.25) is 0 Å². The maximum absolute atomic E-state index is 2.42. The van der Waals surface area contributed by atoms with Crippen LogP contribution in [0.2, 0.25) is 0 Å². The van der Waals surface area contributed by atoms with Crippen LogP contribution in [0.5, 0.6) is 0 Å². The zero-order valence-electron chi connectivity index (χ0n) is 26.3. The number of nitrogens with zero attached hydrogens (tertiary/aromatic N) is 1. The first kappa shape index (κ1) is 28.3. The van der Waals surface area contributed by atoms with Gasteiger partial charge in [-0.1, -0.05) is 140 Å². The van der Waals surface area contributed by atoms with E-state index in [1.54, 1.807) is 0 Å². The fourth-order valence-corrected chi connectivity index (χ4v) is 8.10. The number of hydrogen-bond acceptors (Lipinski definition) is 2. The molecule has 226 valence electrons. The zero-order chi connectivity index (χ0) is 31.9. The van der Waals surface area contributed by atoms with Gasteiger partial charge in [0, 0.05) is 31.5 Å². The molecule has 0 aliphatic rings. The summed E-state index contributed by atoms with van der Waals surface area (Å²) >= 11 is 1.86. The van der Waals surface area contributed by atoms with Crippen LogP contribution in [-0.2, 0) is 0 Å². The predicted molar refractivity (Wildman–Crippen MR) is 208 cm³/mol. The molecule has 0 fully saturated rings.